The lowest BCUT2D eigenvalue weighted by Crippen LogP contribution is -2.11. The summed E-state index contributed by atoms with van der Waals surface area (Å²) in [5, 5.41) is 9.06. The molecule has 0 aliphatic heterocycles. The molecule has 0 saturated carbocycles. The SMILES string of the molecule is CC(C)(C)c1cccc(OCc2ccccc2C#N)c1. The van der Waals surface area contributed by atoms with Crippen molar-refractivity contribution in [3.05, 3.63) is 65.2 Å². The molecule has 2 rings (SSSR count). The first kappa shape index (κ1) is 14.1. The van der Waals surface area contributed by atoms with Crippen LogP contribution in [0.3, 0.4) is 0 Å². The van der Waals surface area contributed by atoms with Crippen molar-refractivity contribution in [3.63, 3.8) is 0 Å². The number of rotatable bonds is 3. The van der Waals surface area contributed by atoms with Gasteiger partial charge in [-0.3, -0.25) is 0 Å². The zero-order valence-electron chi connectivity index (χ0n) is 12.2. The van der Waals surface area contributed by atoms with Crippen molar-refractivity contribution in [3.8, 4) is 11.8 Å². The zero-order chi connectivity index (χ0) is 14.6. The van der Waals surface area contributed by atoms with Crippen LogP contribution in [0.2, 0.25) is 0 Å². The van der Waals surface area contributed by atoms with Crippen molar-refractivity contribution >= 4 is 0 Å². The molecule has 0 unspecified atom stereocenters. The average Bonchev–Trinajstić information content (AvgIpc) is 2.45. The highest BCUT2D eigenvalue weighted by Gasteiger charge is 2.14. The van der Waals surface area contributed by atoms with E-state index in [1.165, 1.54) is 5.56 Å². The van der Waals surface area contributed by atoms with Gasteiger partial charge >= 0.3 is 0 Å². The molecule has 20 heavy (non-hydrogen) atoms. The number of hydrogen-bond acceptors (Lipinski definition) is 2. The molecule has 0 heterocycles. The Balaban J connectivity index is 2.14. The van der Waals surface area contributed by atoms with Crippen molar-refractivity contribution in [1.82, 2.24) is 0 Å². The summed E-state index contributed by atoms with van der Waals surface area (Å²) in [6, 6.07) is 17.8. The van der Waals surface area contributed by atoms with Crippen molar-refractivity contribution in [2.45, 2.75) is 32.8 Å². The van der Waals surface area contributed by atoms with Gasteiger partial charge in [-0.15, -0.1) is 0 Å². The predicted octanol–water partition coefficient (Wildman–Crippen LogP) is 4.43. The Morgan fingerprint density at radius 1 is 1.05 bits per heavy atom. The summed E-state index contributed by atoms with van der Waals surface area (Å²) in [5.74, 6) is 0.838. The second kappa shape index (κ2) is 5.79. The molecule has 0 spiro atoms. The molecular formula is C18H19NO. The fourth-order valence-electron chi connectivity index (χ4n) is 1.97. The maximum absolute atomic E-state index is 9.06. The maximum Gasteiger partial charge on any atom is 0.120 e. The van der Waals surface area contributed by atoms with Gasteiger partial charge in [0.25, 0.3) is 0 Å². The third kappa shape index (κ3) is 3.39. The summed E-state index contributed by atoms with van der Waals surface area (Å²) in [4.78, 5) is 0. The Morgan fingerprint density at radius 3 is 2.50 bits per heavy atom. The summed E-state index contributed by atoms with van der Waals surface area (Å²) >= 11 is 0. The fraction of sp³-hybridized carbons (Fsp3) is 0.278. The van der Waals surface area contributed by atoms with Gasteiger partial charge in [0.15, 0.2) is 0 Å². The molecule has 0 bridgehead atoms. The minimum atomic E-state index is 0.101. The average molecular weight is 265 g/mol. The molecule has 102 valence electrons. The number of nitrogens with zero attached hydrogens (tertiary/aromatic N) is 1. The van der Waals surface area contributed by atoms with Gasteiger partial charge in [-0.1, -0.05) is 51.1 Å². The molecule has 0 atom stereocenters. The zero-order valence-corrected chi connectivity index (χ0v) is 12.2. The first-order valence-electron chi connectivity index (χ1n) is 6.72. The largest absolute Gasteiger partial charge is 0.489 e. The Bertz CT molecular complexity index is 632. The summed E-state index contributed by atoms with van der Waals surface area (Å²) in [7, 11) is 0. The van der Waals surface area contributed by atoms with Crippen LogP contribution in [-0.2, 0) is 12.0 Å². The van der Waals surface area contributed by atoms with Crippen LogP contribution in [0, 0.1) is 11.3 Å². The molecule has 2 aromatic rings. The molecule has 0 fully saturated rings. The molecule has 0 saturated heterocycles. The van der Waals surface area contributed by atoms with E-state index in [9.17, 15) is 0 Å². The molecule has 2 nitrogen and oxygen atoms in total. The monoisotopic (exact) mass is 265 g/mol. The molecule has 2 aromatic carbocycles. The highest BCUT2D eigenvalue weighted by molar-refractivity contribution is 5.38. The Morgan fingerprint density at radius 2 is 1.80 bits per heavy atom. The van der Waals surface area contributed by atoms with E-state index >= 15 is 0 Å². The lowest BCUT2D eigenvalue weighted by molar-refractivity contribution is 0.305. The van der Waals surface area contributed by atoms with Crippen LogP contribution in [0.25, 0.3) is 0 Å². The van der Waals surface area contributed by atoms with E-state index < -0.39 is 0 Å². The first-order valence-corrected chi connectivity index (χ1v) is 6.72. The van der Waals surface area contributed by atoms with Gasteiger partial charge in [0.1, 0.15) is 12.4 Å². The summed E-state index contributed by atoms with van der Waals surface area (Å²) in [5.41, 5.74) is 2.92. The van der Waals surface area contributed by atoms with Gasteiger partial charge in [-0.05, 0) is 29.2 Å². The smallest absolute Gasteiger partial charge is 0.120 e. The van der Waals surface area contributed by atoms with E-state index in [1.807, 2.05) is 36.4 Å². The Labute approximate surface area is 120 Å². The Kier molecular flexibility index (Phi) is 4.10. The molecule has 0 N–H and O–H groups in total. The molecule has 0 aliphatic rings. The number of hydrogen-bond donors (Lipinski definition) is 0. The third-order valence-electron chi connectivity index (χ3n) is 3.23. The van der Waals surface area contributed by atoms with Crippen molar-refractivity contribution in [2.75, 3.05) is 0 Å². The first-order chi connectivity index (χ1) is 9.50. The second-order valence-electron chi connectivity index (χ2n) is 5.84. The quantitative estimate of drug-likeness (QED) is 0.822. The summed E-state index contributed by atoms with van der Waals surface area (Å²) < 4.78 is 5.82. The number of nitriles is 1. The van der Waals surface area contributed by atoms with Crippen LogP contribution in [-0.4, -0.2) is 0 Å². The van der Waals surface area contributed by atoms with Gasteiger partial charge < -0.3 is 4.74 Å². The molecule has 0 aliphatic carbocycles. The van der Waals surface area contributed by atoms with Crippen LogP contribution in [0.4, 0.5) is 0 Å². The lowest BCUT2D eigenvalue weighted by Gasteiger charge is -2.19. The number of benzene rings is 2. The minimum Gasteiger partial charge on any atom is -0.489 e. The maximum atomic E-state index is 9.06. The normalized spacial score (nSPS) is 10.9. The molecule has 0 aromatic heterocycles. The van der Waals surface area contributed by atoms with Crippen LogP contribution in [0.1, 0.15) is 37.5 Å². The highest BCUT2D eigenvalue weighted by atomic mass is 16.5. The standard InChI is InChI=1S/C18H19NO/c1-18(2,3)16-9-6-10-17(11-16)20-13-15-8-5-4-7-14(15)12-19/h4-11H,13H2,1-3H3. The van der Waals surface area contributed by atoms with Crippen LogP contribution in [0.5, 0.6) is 5.75 Å². The fourth-order valence-corrected chi connectivity index (χ4v) is 1.97. The number of ether oxygens (including phenoxy) is 1. The lowest BCUT2D eigenvalue weighted by atomic mass is 9.87. The topological polar surface area (TPSA) is 33.0 Å². The van der Waals surface area contributed by atoms with E-state index in [-0.39, 0.29) is 5.41 Å². The predicted molar refractivity (Wildman–Crippen MR) is 80.6 cm³/mol. The van der Waals surface area contributed by atoms with E-state index in [0.29, 0.717) is 12.2 Å². The highest BCUT2D eigenvalue weighted by Crippen LogP contribution is 2.26. The van der Waals surface area contributed by atoms with E-state index in [4.69, 9.17) is 10.00 Å². The van der Waals surface area contributed by atoms with Crippen LogP contribution < -0.4 is 4.74 Å². The van der Waals surface area contributed by atoms with Gasteiger partial charge in [-0.25, -0.2) is 0 Å². The van der Waals surface area contributed by atoms with Crippen LogP contribution in [0.15, 0.2) is 48.5 Å². The van der Waals surface area contributed by atoms with E-state index in [0.717, 1.165) is 11.3 Å². The van der Waals surface area contributed by atoms with Crippen LogP contribution >= 0.6 is 0 Å². The van der Waals surface area contributed by atoms with Gasteiger partial charge in [0.05, 0.1) is 11.6 Å². The van der Waals surface area contributed by atoms with E-state index in [1.54, 1.807) is 0 Å². The third-order valence-corrected chi connectivity index (χ3v) is 3.23. The van der Waals surface area contributed by atoms with Crippen molar-refractivity contribution < 1.29 is 4.74 Å². The molecule has 2 heteroatoms. The summed E-state index contributed by atoms with van der Waals surface area (Å²) in [6.07, 6.45) is 0. The second-order valence-corrected chi connectivity index (χ2v) is 5.84. The van der Waals surface area contributed by atoms with Crippen molar-refractivity contribution in [1.29, 1.82) is 5.26 Å². The minimum absolute atomic E-state index is 0.101. The molecule has 0 radical (unpaired) electrons. The van der Waals surface area contributed by atoms with Crippen molar-refractivity contribution in [2.24, 2.45) is 0 Å². The molecule has 0 amide bonds. The van der Waals surface area contributed by atoms with Gasteiger partial charge in [0.2, 0.25) is 0 Å². The van der Waals surface area contributed by atoms with E-state index in [2.05, 4.69) is 39.0 Å². The summed E-state index contributed by atoms with van der Waals surface area (Å²) in [6.45, 7) is 6.95. The van der Waals surface area contributed by atoms with Gasteiger partial charge in [0, 0.05) is 5.56 Å². The Hall–Kier alpha value is -2.27. The molecular weight excluding hydrogens is 246 g/mol. The van der Waals surface area contributed by atoms with Gasteiger partial charge in [-0.2, -0.15) is 5.26 Å².